The molecule has 1 aromatic heterocycles. The maximum Gasteiger partial charge on any atom is 0.323 e. The van der Waals surface area contributed by atoms with Gasteiger partial charge in [-0.25, -0.2) is 4.98 Å². The first-order chi connectivity index (χ1) is 20.2. The molecule has 0 saturated carbocycles. The van der Waals surface area contributed by atoms with Gasteiger partial charge < -0.3 is 19.0 Å². The number of thiocarbonyl (C=S) groups is 1. The highest BCUT2D eigenvalue weighted by Gasteiger charge is 2.33. The maximum atomic E-state index is 12.9. The molecule has 1 N–H and O–H groups in total. The molecule has 1 fully saturated rings. The van der Waals surface area contributed by atoms with E-state index in [1.165, 1.54) is 6.39 Å². The molecular formula is C31H25ClN2O6S2. The lowest BCUT2D eigenvalue weighted by atomic mass is 10.0. The molecule has 11 heteroatoms. The van der Waals surface area contributed by atoms with Crippen molar-refractivity contribution in [1.82, 2.24) is 9.88 Å². The van der Waals surface area contributed by atoms with Crippen LogP contribution >= 0.6 is 35.6 Å². The molecule has 0 bridgehead atoms. The summed E-state index contributed by atoms with van der Waals surface area (Å²) in [6, 6.07) is 20.8. The molecule has 1 unspecified atom stereocenters. The third kappa shape index (κ3) is 7.39. The number of rotatable bonds is 11. The lowest BCUT2D eigenvalue weighted by molar-refractivity contribution is -0.140. The summed E-state index contributed by atoms with van der Waals surface area (Å²) < 4.78 is 18.1. The lowest BCUT2D eigenvalue weighted by Gasteiger charge is -2.19. The van der Waals surface area contributed by atoms with E-state index in [1.807, 2.05) is 37.3 Å². The number of oxazole rings is 1. The Bertz CT molecular complexity index is 1640. The Labute approximate surface area is 256 Å². The molecule has 1 aliphatic rings. The first-order valence-corrected chi connectivity index (χ1v) is 14.4. The van der Waals surface area contributed by atoms with Gasteiger partial charge in [0.05, 0.1) is 4.91 Å². The molecule has 42 heavy (non-hydrogen) atoms. The van der Waals surface area contributed by atoms with Crippen LogP contribution in [0.5, 0.6) is 11.5 Å². The number of nitrogens with zero attached hydrogens (tertiary/aromatic N) is 2. The van der Waals surface area contributed by atoms with Crippen molar-refractivity contribution >= 4 is 57.9 Å². The number of hydrogen-bond acceptors (Lipinski definition) is 8. The maximum absolute atomic E-state index is 12.9. The summed E-state index contributed by atoms with van der Waals surface area (Å²) in [5.74, 6) is -0.633. The quantitative estimate of drug-likeness (QED) is 0.142. The molecule has 0 spiro atoms. The van der Waals surface area contributed by atoms with Crippen molar-refractivity contribution in [3.63, 3.8) is 0 Å². The van der Waals surface area contributed by atoms with Gasteiger partial charge in [0.2, 0.25) is 0 Å². The topological polar surface area (TPSA) is 102 Å². The van der Waals surface area contributed by atoms with Crippen LogP contribution in [0.4, 0.5) is 0 Å². The number of halogens is 1. The summed E-state index contributed by atoms with van der Waals surface area (Å²) in [6.45, 7) is 1.77. The predicted molar refractivity (Wildman–Crippen MR) is 164 cm³/mol. The standard InChI is InChI=1S/C31H25ClN2O6S2/c1-19-3-2-4-21(11-19)12-27(25-17-38-18-33-25)40-24-10-7-22(13-28-30(37)34(15-29(35)36)31(41)42-28)26(14-24)39-16-20-5-8-23(32)9-6-20/h2-11,13-14,17-18,27H,12,15-16H2,1H3,(H,35,36). The molecule has 5 rings (SSSR count). The Hall–Kier alpha value is -4.12. The Morgan fingerprint density at radius 3 is 2.69 bits per heavy atom. The molecule has 0 aliphatic carbocycles. The smallest absolute Gasteiger partial charge is 0.323 e. The molecule has 1 saturated heterocycles. The van der Waals surface area contributed by atoms with Gasteiger partial charge in [-0.15, -0.1) is 0 Å². The third-order valence-corrected chi connectivity index (χ3v) is 7.94. The Morgan fingerprint density at radius 1 is 1.17 bits per heavy atom. The summed E-state index contributed by atoms with van der Waals surface area (Å²) in [6.07, 6.45) is 4.69. The number of aromatic nitrogens is 1. The number of hydrogen-bond donors (Lipinski definition) is 1. The van der Waals surface area contributed by atoms with Crippen molar-refractivity contribution in [1.29, 1.82) is 0 Å². The number of carbonyl (C=O) groups excluding carboxylic acids is 1. The highest BCUT2D eigenvalue weighted by molar-refractivity contribution is 8.26. The van der Waals surface area contributed by atoms with Crippen LogP contribution in [-0.2, 0) is 22.6 Å². The summed E-state index contributed by atoms with van der Waals surface area (Å²) in [5, 5.41) is 9.78. The fourth-order valence-electron chi connectivity index (χ4n) is 4.29. The number of ether oxygens (including phenoxy) is 2. The number of carbonyl (C=O) groups is 2. The lowest BCUT2D eigenvalue weighted by Crippen LogP contribution is -2.33. The van der Waals surface area contributed by atoms with E-state index in [1.54, 1.807) is 42.7 Å². The number of carboxylic acid groups (broad SMARTS) is 1. The van der Waals surface area contributed by atoms with Crippen LogP contribution in [0.25, 0.3) is 6.08 Å². The van der Waals surface area contributed by atoms with Crippen LogP contribution in [0.15, 0.2) is 88.7 Å². The normalized spacial score (nSPS) is 14.8. The molecule has 1 atom stereocenters. The van der Waals surface area contributed by atoms with Gasteiger partial charge in [0, 0.05) is 23.1 Å². The molecule has 8 nitrogen and oxygen atoms in total. The van der Waals surface area contributed by atoms with Crippen molar-refractivity contribution < 1.29 is 28.6 Å². The number of thioether (sulfide) groups is 1. The number of benzene rings is 3. The molecule has 2 heterocycles. The van der Waals surface area contributed by atoms with Crippen molar-refractivity contribution in [3.8, 4) is 11.5 Å². The van der Waals surface area contributed by atoms with E-state index in [0.29, 0.717) is 39.1 Å². The van der Waals surface area contributed by atoms with Gasteiger partial charge in [-0.3, -0.25) is 14.5 Å². The van der Waals surface area contributed by atoms with Crippen molar-refractivity contribution in [2.75, 3.05) is 6.54 Å². The first kappa shape index (κ1) is 29.4. The Morgan fingerprint density at radius 2 is 1.98 bits per heavy atom. The van der Waals surface area contributed by atoms with E-state index < -0.39 is 24.5 Å². The van der Waals surface area contributed by atoms with E-state index in [4.69, 9.17) is 42.8 Å². The van der Waals surface area contributed by atoms with Crippen LogP contribution in [0.1, 0.15) is 34.1 Å². The third-order valence-electron chi connectivity index (χ3n) is 6.31. The van der Waals surface area contributed by atoms with Crippen LogP contribution in [0.3, 0.4) is 0 Å². The largest absolute Gasteiger partial charge is 0.488 e. The second kappa shape index (κ2) is 13.2. The van der Waals surface area contributed by atoms with Gasteiger partial charge in [-0.2, -0.15) is 0 Å². The van der Waals surface area contributed by atoms with Crippen molar-refractivity contribution in [3.05, 3.63) is 117 Å². The Balaban J connectivity index is 1.45. The van der Waals surface area contributed by atoms with Crippen LogP contribution in [0, 0.1) is 6.92 Å². The molecule has 214 valence electrons. The van der Waals surface area contributed by atoms with E-state index in [2.05, 4.69) is 11.1 Å². The molecular weight excluding hydrogens is 596 g/mol. The van der Waals surface area contributed by atoms with Crippen molar-refractivity contribution in [2.24, 2.45) is 0 Å². The highest BCUT2D eigenvalue weighted by Crippen LogP contribution is 2.36. The van der Waals surface area contributed by atoms with Gasteiger partial charge in [0.1, 0.15) is 47.0 Å². The minimum Gasteiger partial charge on any atom is -0.488 e. The summed E-state index contributed by atoms with van der Waals surface area (Å²) in [4.78, 5) is 29.8. The average Bonchev–Trinajstić information content (AvgIpc) is 3.58. The summed E-state index contributed by atoms with van der Waals surface area (Å²) in [7, 11) is 0. The molecule has 4 aromatic rings. The number of aryl methyl sites for hydroxylation is 1. The fourth-order valence-corrected chi connectivity index (χ4v) is 5.66. The van der Waals surface area contributed by atoms with Crippen LogP contribution in [-0.4, -0.2) is 37.7 Å². The minimum absolute atomic E-state index is 0.184. The monoisotopic (exact) mass is 620 g/mol. The zero-order valence-corrected chi connectivity index (χ0v) is 24.7. The van der Waals surface area contributed by atoms with E-state index >= 15 is 0 Å². The van der Waals surface area contributed by atoms with Gasteiger partial charge >= 0.3 is 5.97 Å². The zero-order chi connectivity index (χ0) is 29.6. The average molecular weight is 621 g/mol. The van der Waals surface area contributed by atoms with E-state index in [0.717, 1.165) is 33.4 Å². The molecule has 0 radical (unpaired) electrons. The number of aliphatic carboxylic acids is 1. The predicted octanol–water partition coefficient (Wildman–Crippen LogP) is 6.86. The van der Waals surface area contributed by atoms with Gasteiger partial charge in [0.25, 0.3) is 5.91 Å². The second-order valence-corrected chi connectivity index (χ2v) is 11.6. The summed E-state index contributed by atoms with van der Waals surface area (Å²) in [5.41, 5.74) is 4.36. The minimum atomic E-state index is -1.15. The fraction of sp³-hybridized carbons (Fsp3) is 0.161. The van der Waals surface area contributed by atoms with E-state index in [9.17, 15) is 9.59 Å². The Kier molecular flexibility index (Phi) is 9.26. The zero-order valence-electron chi connectivity index (χ0n) is 22.4. The van der Waals surface area contributed by atoms with E-state index in [-0.39, 0.29) is 10.9 Å². The molecule has 3 aromatic carbocycles. The van der Waals surface area contributed by atoms with Crippen LogP contribution in [0.2, 0.25) is 5.02 Å². The first-order valence-electron chi connectivity index (χ1n) is 12.8. The molecule has 1 amide bonds. The molecule has 1 aliphatic heterocycles. The highest BCUT2D eigenvalue weighted by atomic mass is 35.5. The number of amides is 1. The SMILES string of the molecule is Cc1cccc(CC(Oc2ccc(C=C3SC(=S)N(CC(=O)O)C3=O)c(OCc3ccc(Cl)cc3)c2)c2cocn2)c1. The number of carboxylic acids is 1. The van der Waals surface area contributed by atoms with Gasteiger partial charge in [-0.1, -0.05) is 77.5 Å². The second-order valence-electron chi connectivity index (χ2n) is 9.49. The van der Waals surface area contributed by atoms with Gasteiger partial charge in [0.15, 0.2) is 6.39 Å². The van der Waals surface area contributed by atoms with Gasteiger partial charge in [-0.05, 0) is 48.4 Å². The van der Waals surface area contributed by atoms with Crippen LogP contribution < -0.4 is 9.47 Å². The summed E-state index contributed by atoms with van der Waals surface area (Å²) >= 11 is 12.3. The van der Waals surface area contributed by atoms with Crippen molar-refractivity contribution in [2.45, 2.75) is 26.1 Å².